The number of aromatic nitrogens is 3. The van der Waals surface area contributed by atoms with Crippen LogP contribution in [0.15, 0.2) is 176 Å². The summed E-state index contributed by atoms with van der Waals surface area (Å²) in [4.78, 5) is 15.2. The van der Waals surface area contributed by atoms with E-state index in [1.165, 1.54) is 60.7 Å². The average molecular weight is 648 g/mol. The molecule has 7 aromatic carbocycles. The Morgan fingerprint density at radius 2 is 1.02 bits per heavy atom. The quantitative estimate of drug-likeness (QED) is 0.179. The second kappa shape index (κ2) is 10.6. The van der Waals surface area contributed by atoms with Crippen LogP contribution in [-0.2, 0) is 5.41 Å². The van der Waals surface area contributed by atoms with Gasteiger partial charge in [-0.05, 0) is 78.2 Å². The monoisotopic (exact) mass is 647 g/mol. The molecule has 9 aromatic rings. The van der Waals surface area contributed by atoms with E-state index < -0.39 is 5.41 Å². The van der Waals surface area contributed by atoms with E-state index in [-0.39, 0.29) is 0 Å². The van der Waals surface area contributed by atoms with Gasteiger partial charge in [0.2, 0.25) is 0 Å². The van der Waals surface area contributed by atoms with E-state index in [1.807, 2.05) is 24.7 Å². The predicted molar refractivity (Wildman–Crippen MR) is 207 cm³/mol. The van der Waals surface area contributed by atoms with E-state index in [0.717, 1.165) is 33.3 Å². The van der Waals surface area contributed by atoms with E-state index >= 15 is 0 Å². The third kappa shape index (κ3) is 3.80. The third-order valence-corrected chi connectivity index (χ3v) is 11.0. The molecule has 0 fully saturated rings. The zero-order valence-electron chi connectivity index (χ0n) is 27.6. The van der Waals surface area contributed by atoms with Crippen LogP contribution in [0, 0.1) is 0 Å². The highest BCUT2D eigenvalue weighted by atomic mass is 14.9. The fraction of sp³-hybridized carbons (Fsp3) is 0.0208. The van der Waals surface area contributed by atoms with E-state index in [2.05, 4.69) is 157 Å². The molecule has 0 saturated carbocycles. The average Bonchev–Trinajstić information content (AvgIpc) is 3.68. The van der Waals surface area contributed by atoms with Crippen molar-refractivity contribution in [3.05, 3.63) is 199 Å². The molecular weight excluding hydrogens is 619 g/mol. The van der Waals surface area contributed by atoms with Gasteiger partial charge in [-0.3, -0.25) is 4.98 Å². The van der Waals surface area contributed by atoms with Crippen molar-refractivity contribution in [2.45, 2.75) is 5.41 Å². The molecule has 2 aliphatic rings. The van der Waals surface area contributed by atoms with E-state index in [9.17, 15) is 0 Å². The van der Waals surface area contributed by atoms with Crippen LogP contribution in [0.5, 0.6) is 0 Å². The summed E-state index contributed by atoms with van der Waals surface area (Å²) in [5.41, 5.74) is 14.8. The number of hydrogen-bond donors (Lipinski definition) is 0. The van der Waals surface area contributed by atoms with Crippen LogP contribution in [-0.4, -0.2) is 15.0 Å². The Morgan fingerprint density at radius 3 is 1.76 bits per heavy atom. The molecule has 11 rings (SSSR count). The van der Waals surface area contributed by atoms with Gasteiger partial charge in [-0.15, -0.1) is 0 Å². The fourth-order valence-corrected chi connectivity index (χ4v) is 9.03. The summed E-state index contributed by atoms with van der Waals surface area (Å²) in [6.07, 6.45) is 5.71. The molecule has 2 heterocycles. The van der Waals surface area contributed by atoms with Crippen LogP contribution < -0.4 is 0 Å². The molecule has 3 nitrogen and oxygen atoms in total. The molecule has 0 N–H and O–H groups in total. The van der Waals surface area contributed by atoms with Crippen molar-refractivity contribution in [1.29, 1.82) is 0 Å². The molecule has 236 valence electrons. The fourth-order valence-electron chi connectivity index (χ4n) is 9.03. The first-order valence-electron chi connectivity index (χ1n) is 17.4. The Hall–Kier alpha value is -6.71. The van der Waals surface area contributed by atoms with Crippen molar-refractivity contribution in [2.24, 2.45) is 0 Å². The van der Waals surface area contributed by atoms with Gasteiger partial charge in [-0.25, -0.2) is 9.97 Å². The maximum Gasteiger partial charge on any atom is 0.160 e. The lowest BCUT2D eigenvalue weighted by Gasteiger charge is -2.30. The maximum absolute atomic E-state index is 5.56. The number of rotatable bonds is 3. The SMILES string of the molecule is c1cncc(-c2cnc(-c3cccc4c3-c3ccccc3C43c4ccccc4-c4ccccc43)nc2-c2cc3ccccc3c3ccccc23)c1. The summed E-state index contributed by atoms with van der Waals surface area (Å²) in [5, 5.41) is 4.78. The molecule has 3 heteroatoms. The molecule has 2 aliphatic carbocycles. The van der Waals surface area contributed by atoms with Crippen LogP contribution in [0.4, 0.5) is 0 Å². The first-order chi connectivity index (χ1) is 25.3. The highest BCUT2D eigenvalue weighted by Gasteiger charge is 2.52. The van der Waals surface area contributed by atoms with Crippen molar-refractivity contribution in [3.63, 3.8) is 0 Å². The van der Waals surface area contributed by atoms with Crippen LogP contribution in [0.25, 0.3) is 77.6 Å². The molecule has 0 saturated heterocycles. The van der Waals surface area contributed by atoms with Gasteiger partial charge in [0.1, 0.15) is 0 Å². The van der Waals surface area contributed by atoms with E-state index in [1.54, 1.807) is 0 Å². The Balaban J connectivity index is 1.22. The molecule has 0 unspecified atom stereocenters. The standard InChI is InChI=1S/C48H29N3/c1-2-15-32-30(13-1)27-39(34-17-4-3-16-33(32)34)46-40(31-14-12-26-49-28-31)29-50-47(51-46)38-21-11-25-44-45(38)37-20-7-10-24-43(37)48(44)41-22-8-5-18-35(41)36-19-6-9-23-42(36)48/h1-29H. The summed E-state index contributed by atoms with van der Waals surface area (Å²) in [7, 11) is 0. The van der Waals surface area contributed by atoms with Crippen molar-refractivity contribution in [1.82, 2.24) is 15.0 Å². The summed E-state index contributed by atoms with van der Waals surface area (Å²) in [5.74, 6) is 0.707. The molecule has 0 bridgehead atoms. The van der Waals surface area contributed by atoms with Gasteiger partial charge < -0.3 is 0 Å². The summed E-state index contributed by atoms with van der Waals surface area (Å²) in [6.45, 7) is 0. The molecule has 1 spiro atoms. The summed E-state index contributed by atoms with van der Waals surface area (Å²) in [6, 6.07) is 57.1. The first-order valence-corrected chi connectivity index (χ1v) is 17.4. The highest BCUT2D eigenvalue weighted by molar-refractivity contribution is 6.14. The molecule has 0 radical (unpaired) electrons. The van der Waals surface area contributed by atoms with Crippen LogP contribution in [0.2, 0.25) is 0 Å². The lowest BCUT2D eigenvalue weighted by molar-refractivity contribution is 0.794. The van der Waals surface area contributed by atoms with Gasteiger partial charge in [-0.2, -0.15) is 0 Å². The second-order valence-electron chi connectivity index (χ2n) is 13.5. The highest BCUT2D eigenvalue weighted by Crippen LogP contribution is 2.63. The van der Waals surface area contributed by atoms with Crippen LogP contribution >= 0.6 is 0 Å². The van der Waals surface area contributed by atoms with Gasteiger partial charge in [0.15, 0.2) is 5.82 Å². The molecule has 0 atom stereocenters. The topological polar surface area (TPSA) is 38.7 Å². The Labute approximate surface area is 295 Å². The van der Waals surface area contributed by atoms with Crippen molar-refractivity contribution in [3.8, 4) is 56.0 Å². The molecule has 51 heavy (non-hydrogen) atoms. The van der Waals surface area contributed by atoms with E-state index in [0.29, 0.717) is 5.82 Å². The molecule has 0 aliphatic heterocycles. The number of benzene rings is 7. The van der Waals surface area contributed by atoms with Gasteiger partial charge in [0, 0.05) is 40.8 Å². The normalized spacial score (nSPS) is 13.3. The lowest BCUT2D eigenvalue weighted by atomic mass is 9.70. The van der Waals surface area contributed by atoms with Crippen molar-refractivity contribution >= 4 is 21.5 Å². The van der Waals surface area contributed by atoms with Gasteiger partial charge >= 0.3 is 0 Å². The minimum atomic E-state index is -0.428. The Kier molecular flexibility index (Phi) is 5.88. The lowest BCUT2D eigenvalue weighted by Crippen LogP contribution is -2.25. The van der Waals surface area contributed by atoms with Crippen LogP contribution in [0.1, 0.15) is 22.3 Å². The minimum Gasteiger partial charge on any atom is -0.264 e. The zero-order valence-corrected chi connectivity index (χ0v) is 27.6. The minimum absolute atomic E-state index is 0.428. The predicted octanol–water partition coefficient (Wildman–Crippen LogP) is 11.5. The van der Waals surface area contributed by atoms with Gasteiger partial charge in [-0.1, -0.05) is 146 Å². The van der Waals surface area contributed by atoms with Gasteiger partial charge in [0.05, 0.1) is 11.1 Å². The number of nitrogens with zero attached hydrogens (tertiary/aromatic N) is 3. The van der Waals surface area contributed by atoms with Crippen molar-refractivity contribution < 1.29 is 0 Å². The molecule has 2 aromatic heterocycles. The largest absolute Gasteiger partial charge is 0.264 e. The smallest absolute Gasteiger partial charge is 0.160 e. The summed E-state index contributed by atoms with van der Waals surface area (Å²) < 4.78 is 0. The Morgan fingerprint density at radius 1 is 0.412 bits per heavy atom. The second-order valence-corrected chi connectivity index (χ2v) is 13.5. The first kappa shape index (κ1) is 28.2. The molecule has 0 amide bonds. The summed E-state index contributed by atoms with van der Waals surface area (Å²) >= 11 is 0. The zero-order chi connectivity index (χ0) is 33.5. The van der Waals surface area contributed by atoms with Crippen molar-refractivity contribution in [2.75, 3.05) is 0 Å². The van der Waals surface area contributed by atoms with Crippen LogP contribution in [0.3, 0.4) is 0 Å². The third-order valence-electron chi connectivity index (χ3n) is 11.0. The number of fused-ring (bicyclic) bond motifs is 13. The maximum atomic E-state index is 5.56. The van der Waals surface area contributed by atoms with Gasteiger partial charge in [0.25, 0.3) is 0 Å². The Bertz CT molecular complexity index is 2830. The van der Waals surface area contributed by atoms with E-state index in [4.69, 9.17) is 9.97 Å². The number of pyridine rings is 1. The molecular formula is C48H29N3. The number of hydrogen-bond acceptors (Lipinski definition) is 3.